The zero-order chi connectivity index (χ0) is 14.7. The van der Waals surface area contributed by atoms with Crippen molar-refractivity contribution in [2.45, 2.75) is 12.5 Å². The van der Waals surface area contributed by atoms with E-state index in [2.05, 4.69) is 25.1 Å². The van der Waals surface area contributed by atoms with Gasteiger partial charge in [0.2, 0.25) is 11.5 Å². The zero-order valence-electron chi connectivity index (χ0n) is 10.9. The molecule has 1 amide bonds. The molecule has 1 aliphatic heterocycles. The molecule has 3 rings (SSSR count). The summed E-state index contributed by atoms with van der Waals surface area (Å²) in [5, 5.41) is 15.1. The molecule has 1 saturated heterocycles. The Hall–Kier alpha value is -3.02. The number of aromatic amines is 1. The van der Waals surface area contributed by atoms with E-state index in [0.717, 1.165) is 0 Å². The second-order valence-electron chi connectivity index (χ2n) is 4.44. The lowest BCUT2D eigenvalue weighted by Crippen LogP contribution is -2.31. The summed E-state index contributed by atoms with van der Waals surface area (Å²) >= 11 is 0. The number of nitrogens with one attached hydrogen (secondary N) is 1. The summed E-state index contributed by atoms with van der Waals surface area (Å²) in [6.45, 7) is 0.952. The molecule has 2 aromatic heterocycles. The molecule has 0 bridgehead atoms. The van der Waals surface area contributed by atoms with Crippen LogP contribution in [0.2, 0.25) is 0 Å². The Kier molecular flexibility index (Phi) is 3.42. The van der Waals surface area contributed by atoms with Crippen LogP contribution in [-0.4, -0.2) is 55.1 Å². The Morgan fingerprint density at radius 1 is 1.43 bits per heavy atom. The average Bonchev–Trinajstić information content (AvgIpc) is 3.19. The maximum Gasteiger partial charge on any atom is 0.291 e. The van der Waals surface area contributed by atoms with Crippen LogP contribution in [0, 0.1) is 11.3 Å². The highest BCUT2D eigenvalue weighted by Gasteiger charge is 2.30. The molecule has 1 unspecified atom stereocenters. The summed E-state index contributed by atoms with van der Waals surface area (Å²) < 4.78 is 5.66. The van der Waals surface area contributed by atoms with E-state index in [1.165, 1.54) is 18.7 Å². The van der Waals surface area contributed by atoms with E-state index in [1.807, 2.05) is 6.07 Å². The van der Waals surface area contributed by atoms with Crippen LogP contribution in [0.15, 0.2) is 18.7 Å². The van der Waals surface area contributed by atoms with E-state index >= 15 is 0 Å². The Bertz CT molecular complexity index is 679. The van der Waals surface area contributed by atoms with Gasteiger partial charge < -0.3 is 9.64 Å². The third-order valence-corrected chi connectivity index (χ3v) is 3.10. The van der Waals surface area contributed by atoms with Crippen LogP contribution in [-0.2, 0) is 0 Å². The summed E-state index contributed by atoms with van der Waals surface area (Å²) in [6.07, 6.45) is 4.61. The molecule has 1 fully saturated rings. The zero-order valence-corrected chi connectivity index (χ0v) is 10.9. The van der Waals surface area contributed by atoms with E-state index < -0.39 is 0 Å². The Morgan fingerprint density at radius 2 is 2.29 bits per heavy atom. The maximum absolute atomic E-state index is 12.1. The molecule has 1 atom stereocenters. The lowest BCUT2D eigenvalue weighted by Gasteiger charge is -2.15. The van der Waals surface area contributed by atoms with Crippen LogP contribution in [0.5, 0.6) is 5.88 Å². The molecule has 9 nitrogen and oxygen atoms in total. The van der Waals surface area contributed by atoms with Crippen LogP contribution < -0.4 is 4.74 Å². The summed E-state index contributed by atoms with van der Waals surface area (Å²) in [4.78, 5) is 25.4. The molecular formula is C12H11N7O2. The summed E-state index contributed by atoms with van der Waals surface area (Å²) in [5.41, 5.74) is 0.137. The molecule has 0 aliphatic carbocycles. The monoisotopic (exact) mass is 285 g/mol. The third kappa shape index (κ3) is 2.64. The summed E-state index contributed by atoms with van der Waals surface area (Å²) in [7, 11) is 0. The van der Waals surface area contributed by atoms with E-state index in [4.69, 9.17) is 10.00 Å². The molecule has 0 aromatic carbocycles. The van der Waals surface area contributed by atoms with Crippen molar-refractivity contribution in [3.8, 4) is 11.9 Å². The minimum absolute atomic E-state index is 0.137. The molecule has 1 aliphatic rings. The van der Waals surface area contributed by atoms with Crippen molar-refractivity contribution < 1.29 is 9.53 Å². The number of nitrogens with zero attached hydrogens (tertiary/aromatic N) is 6. The molecule has 2 aromatic rings. The molecule has 3 heterocycles. The predicted molar refractivity (Wildman–Crippen MR) is 68.1 cm³/mol. The van der Waals surface area contributed by atoms with E-state index in [9.17, 15) is 4.79 Å². The Balaban J connectivity index is 1.65. The van der Waals surface area contributed by atoms with Gasteiger partial charge in [0.15, 0.2) is 0 Å². The van der Waals surface area contributed by atoms with Gasteiger partial charge in [0.1, 0.15) is 18.5 Å². The van der Waals surface area contributed by atoms with E-state index in [1.54, 1.807) is 4.90 Å². The second kappa shape index (κ2) is 5.54. The van der Waals surface area contributed by atoms with Gasteiger partial charge in [-0.05, 0) is 0 Å². The van der Waals surface area contributed by atoms with Gasteiger partial charge in [0.25, 0.3) is 11.8 Å². The third-order valence-electron chi connectivity index (χ3n) is 3.10. The van der Waals surface area contributed by atoms with E-state index in [0.29, 0.717) is 19.5 Å². The highest BCUT2D eigenvalue weighted by molar-refractivity contribution is 5.90. The van der Waals surface area contributed by atoms with Gasteiger partial charge in [-0.3, -0.25) is 9.89 Å². The first-order valence-corrected chi connectivity index (χ1v) is 6.30. The van der Waals surface area contributed by atoms with Crippen LogP contribution in [0.4, 0.5) is 0 Å². The standard InChI is InChI=1S/C12H11N7O2/c13-5-9-11(15-3-2-14-9)21-8-1-4-19(6-8)12(20)10-16-7-17-18-10/h2-3,7-8H,1,4,6H2,(H,16,17,18). The smallest absolute Gasteiger partial charge is 0.291 e. The lowest BCUT2D eigenvalue weighted by atomic mass is 10.3. The molecule has 106 valence electrons. The van der Waals surface area contributed by atoms with Gasteiger partial charge in [-0.25, -0.2) is 15.0 Å². The van der Waals surface area contributed by atoms with Gasteiger partial charge in [0, 0.05) is 25.4 Å². The van der Waals surface area contributed by atoms with Crippen molar-refractivity contribution in [2.24, 2.45) is 0 Å². The van der Waals surface area contributed by atoms with Crippen molar-refractivity contribution in [3.05, 3.63) is 30.2 Å². The van der Waals surface area contributed by atoms with Gasteiger partial charge in [0.05, 0.1) is 6.54 Å². The number of likely N-dealkylation sites (tertiary alicyclic amines) is 1. The number of aromatic nitrogens is 5. The van der Waals surface area contributed by atoms with Crippen LogP contribution in [0.1, 0.15) is 22.7 Å². The first kappa shape index (κ1) is 13.0. The number of carbonyl (C=O) groups is 1. The van der Waals surface area contributed by atoms with Gasteiger partial charge in [-0.2, -0.15) is 10.4 Å². The summed E-state index contributed by atoms with van der Waals surface area (Å²) in [6, 6.07) is 1.92. The first-order valence-electron chi connectivity index (χ1n) is 6.30. The second-order valence-corrected chi connectivity index (χ2v) is 4.44. The van der Waals surface area contributed by atoms with Crippen LogP contribution in [0.25, 0.3) is 0 Å². The quantitative estimate of drug-likeness (QED) is 0.826. The van der Waals surface area contributed by atoms with Crippen LogP contribution >= 0.6 is 0 Å². The van der Waals surface area contributed by atoms with Crippen molar-refractivity contribution in [1.29, 1.82) is 5.26 Å². The first-order chi connectivity index (χ1) is 10.3. The fourth-order valence-corrected chi connectivity index (χ4v) is 2.11. The normalized spacial score (nSPS) is 17.5. The highest BCUT2D eigenvalue weighted by atomic mass is 16.5. The lowest BCUT2D eigenvalue weighted by molar-refractivity contribution is 0.0759. The number of hydrogen-bond acceptors (Lipinski definition) is 7. The number of nitriles is 1. The molecule has 0 spiro atoms. The molecular weight excluding hydrogens is 274 g/mol. The fraction of sp³-hybridized carbons (Fsp3) is 0.333. The maximum atomic E-state index is 12.1. The van der Waals surface area contributed by atoms with Gasteiger partial charge in [-0.1, -0.05) is 0 Å². The molecule has 0 saturated carbocycles. The average molecular weight is 285 g/mol. The topological polar surface area (TPSA) is 121 Å². The fourth-order valence-electron chi connectivity index (χ4n) is 2.11. The predicted octanol–water partition coefficient (Wildman–Crippen LogP) is -0.240. The number of H-pyrrole nitrogens is 1. The largest absolute Gasteiger partial charge is 0.470 e. The molecule has 21 heavy (non-hydrogen) atoms. The molecule has 1 N–H and O–H groups in total. The minimum Gasteiger partial charge on any atom is -0.470 e. The number of amides is 1. The van der Waals surface area contributed by atoms with Crippen LogP contribution in [0.3, 0.4) is 0 Å². The molecule has 9 heteroatoms. The van der Waals surface area contributed by atoms with E-state index in [-0.39, 0.29) is 29.4 Å². The Labute approximate surface area is 119 Å². The van der Waals surface area contributed by atoms with Crippen molar-refractivity contribution in [3.63, 3.8) is 0 Å². The Morgan fingerprint density at radius 3 is 3.05 bits per heavy atom. The van der Waals surface area contributed by atoms with Crippen molar-refractivity contribution in [2.75, 3.05) is 13.1 Å². The van der Waals surface area contributed by atoms with Crippen molar-refractivity contribution >= 4 is 5.91 Å². The minimum atomic E-state index is -0.224. The van der Waals surface area contributed by atoms with Gasteiger partial charge in [-0.15, -0.1) is 0 Å². The summed E-state index contributed by atoms with van der Waals surface area (Å²) in [5.74, 6) is 0.171. The highest BCUT2D eigenvalue weighted by Crippen LogP contribution is 2.19. The number of rotatable bonds is 3. The van der Waals surface area contributed by atoms with Gasteiger partial charge >= 0.3 is 0 Å². The SMILES string of the molecule is N#Cc1nccnc1OC1CCN(C(=O)c2ncn[nH]2)C1. The number of carbonyl (C=O) groups excluding carboxylic acids is 1. The molecule has 0 radical (unpaired) electrons. The number of ether oxygens (including phenoxy) is 1. The number of hydrogen-bond donors (Lipinski definition) is 1. The van der Waals surface area contributed by atoms with Crippen molar-refractivity contribution in [1.82, 2.24) is 30.0 Å².